The zero-order chi connectivity index (χ0) is 13.2. The monoisotopic (exact) mass is 238 g/mol. The van der Waals surface area contributed by atoms with Crippen LogP contribution in [0.15, 0.2) is 23.1 Å². The first-order valence-electron chi connectivity index (χ1n) is 5.36. The van der Waals surface area contributed by atoms with Gasteiger partial charge in [-0.1, -0.05) is 0 Å². The molecule has 0 saturated carbocycles. The molecule has 1 aromatic rings. The van der Waals surface area contributed by atoms with Crippen LogP contribution in [0.2, 0.25) is 0 Å². The van der Waals surface area contributed by atoms with Crippen LogP contribution in [0.4, 0.5) is 0 Å². The van der Waals surface area contributed by atoms with Crippen LogP contribution >= 0.6 is 0 Å². The van der Waals surface area contributed by atoms with Gasteiger partial charge in [-0.3, -0.25) is 4.79 Å². The fourth-order valence-electron chi connectivity index (χ4n) is 1.98. The molecule has 0 saturated heterocycles. The minimum absolute atomic E-state index is 0.195. The largest absolute Gasteiger partial charge is 0.477 e. The Balaban J connectivity index is 3.28. The van der Waals surface area contributed by atoms with E-state index in [9.17, 15) is 9.59 Å². The van der Waals surface area contributed by atoms with Crippen LogP contribution in [0.3, 0.4) is 0 Å². The molecular formula is C12H18N2O3. The van der Waals surface area contributed by atoms with Crippen molar-refractivity contribution in [2.24, 2.45) is 0 Å². The minimum atomic E-state index is -1.19. The summed E-state index contributed by atoms with van der Waals surface area (Å²) in [6, 6.07) is 2.91. The predicted molar refractivity (Wildman–Crippen MR) is 65.5 cm³/mol. The second-order valence-electron chi connectivity index (χ2n) is 4.95. The molecule has 1 heterocycles. The van der Waals surface area contributed by atoms with Crippen LogP contribution in [0, 0.1) is 0 Å². The quantitative estimate of drug-likeness (QED) is 0.844. The Morgan fingerprint density at radius 1 is 1.47 bits per heavy atom. The van der Waals surface area contributed by atoms with Gasteiger partial charge in [-0.2, -0.15) is 0 Å². The molecule has 0 aliphatic heterocycles. The highest BCUT2D eigenvalue weighted by Crippen LogP contribution is 2.13. The van der Waals surface area contributed by atoms with E-state index in [0.717, 1.165) is 0 Å². The molecule has 17 heavy (non-hydrogen) atoms. The average molecular weight is 238 g/mol. The van der Waals surface area contributed by atoms with Crippen molar-refractivity contribution in [2.75, 3.05) is 20.6 Å². The number of hydrogen-bond donors (Lipinski definition) is 1. The highest BCUT2D eigenvalue weighted by atomic mass is 16.4. The Morgan fingerprint density at radius 2 is 2.06 bits per heavy atom. The number of rotatable bonds is 4. The molecule has 0 spiro atoms. The van der Waals surface area contributed by atoms with Crippen molar-refractivity contribution in [1.82, 2.24) is 9.47 Å². The van der Waals surface area contributed by atoms with Crippen molar-refractivity contribution in [3.63, 3.8) is 0 Å². The van der Waals surface area contributed by atoms with E-state index >= 15 is 0 Å². The van der Waals surface area contributed by atoms with Crippen molar-refractivity contribution in [3.8, 4) is 0 Å². The predicted octanol–water partition coefficient (Wildman–Crippen LogP) is 0.843. The first-order valence-corrected chi connectivity index (χ1v) is 5.36. The highest BCUT2D eigenvalue weighted by Gasteiger charge is 2.24. The van der Waals surface area contributed by atoms with E-state index < -0.39 is 17.1 Å². The number of likely N-dealkylation sites (N-methyl/N-ethyl adjacent to an activating group) is 1. The Morgan fingerprint density at radius 3 is 2.53 bits per heavy atom. The van der Waals surface area contributed by atoms with Gasteiger partial charge in [0.25, 0.3) is 5.56 Å². The first kappa shape index (κ1) is 13.4. The molecule has 1 N–H and O–H groups in total. The minimum Gasteiger partial charge on any atom is -0.477 e. The van der Waals surface area contributed by atoms with Crippen LogP contribution in [0.1, 0.15) is 24.2 Å². The van der Waals surface area contributed by atoms with Gasteiger partial charge in [0.15, 0.2) is 0 Å². The van der Waals surface area contributed by atoms with Crippen LogP contribution < -0.4 is 5.56 Å². The molecule has 94 valence electrons. The third-order valence-corrected chi connectivity index (χ3v) is 2.53. The van der Waals surface area contributed by atoms with Gasteiger partial charge in [0.2, 0.25) is 0 Å². The maximum Gasteiger partial charge on any atom is 0.341 e. The standard InChI is InChI=1S/C12H18N2O3/c1-12(2,8-13(3)4)14-7-5-6-9(10(14)15)11(16)17/h5-7H,8H2,1-4H3,(H,16,17). The van der Waals surface area contributed by atoms with Gasteiger partial charge in [-0.05, 0) is 40.1 Å². The molecule has 0 aromatic carbocycles. The number of carboxylic acids is 1. The molecular weight excluding hydrogens is 220 g/mol. The molecule has 1 aromatic heterocycles. The fraction of sp³-hybridized carbons (Fsp3) is 0.500. The number of aromatic nitrogens is 1. The normalized spacial score (nSPS) is 11.8. The number of carbonyl (C=O) groups is 1. The third-order valence-electron chi connectivity index (χ3n) is 2.53. The van der Waals surface area contributed by atoms with Crippen LogP contribution in [0.5, 0.6) is 0 Å². The summed E-state index contributed by atoms with van der Waals surface area (Å²) < 4.78 is 1.47. The third kappa shape index (κ3) is 2.94. The summed E-state index contributed by atoms with van der Waals surface area (Å²) in [5.41, 5.74) is -1.11. The maximum atomic E-state index is 12.0. The van der Waals surface area contributed by atoms with Crippen molar-refractivity contribution >= 4 is 5.97 Å². The zero-order valence-electron chi connectivity index (χ0n) is 10.6. The molecule has 0 radical (unpaired) electrons. The molecule has 1 rings (SSSR count). The molecule has 0 unspecified atom stereocenters. The Labute approximate surface area is 100 Å². The SMILES string of the molecule is CN(C)CC(C)(C)n1cccc(C(=O)O)c1=O. The number of carboxylic acid groups (broad SMARTS) is 1. The van der Waals surface area contributed by atoms with E-state index in [0.29, 0.717) is 6.54 Å². The lowest BCUT2D eigenvalue weighted by Crippen LogP contribution is -2.44. The maximum absolute atomic E-state index is 12.0. The Kier molecular flexibility index (Phi) is 3.72. The molecule has 0 aliphatic rings. The van der Waals surface area contributed by atoms with Gasteiger partial charge in [0, 0.05) is 12.7 Å². The van der Waals surface area contributed by atoms with Crippen LogP contribution in [0.25, 0.3) is 0 Å². The van der Waals surface area contributed by atoms with Gasteiger partial charge in [0.1, 0.15) is 5.56 Å². The smallest absolute Gasteiger partial charge is 0.341 e. The molecule has 0 fully saturated rings. The zero-order valence-corrected chi connectivity index (χ0v) is 10.6. The summed E-state index contributed by atoms with van der Waals surface area (Å²) in [6.45, 7) is 4.45. The Hall–Kier alpha value is -1.62. The van der Waals surface area contributed by atoms with Crippen molar-refractivity contribution in [1.29, 1.82) is 0 Å². The summed E-state index contributed by atoms with van der Waals surface area (Å²) in [5.74, 6) is -1.19. The van der Waals surface area contributed by atoms with Gasteiger partial charge in [-0.25, -0.2) is 4.79 Å². The lowest BCUT2D eigenvalue weighted by Gasteiger charge is -2.30. The topological polar surface area (TPSA) is 62.5 Å². The number of aromatic carboxylic acids is 1. The molecule has 5 nitrogen and oxygen atoms in total. The second-order valence-corrected chi connectivity index (χ2v) is 4.95. The van der Waals surface area contributed by atoms with E-state index in [2.05, 4.69) is 0 Å². The summed E-state index contributed by atoms with van der Waals surface area (Å²) in [6.07, 6.45) is 1.62. The van der Waals surface area contributed by atoms with Crippen molar-refractivity contribution in [2.45, 2.75) is 19.4 Å². The highest BCUT2D eigenvalue weighted by molar-refractivity contribution is 5.86. The van der Waals surface area contributed by atoms with E-state index in [4.69, 9.17) is 5.11 Å². The summed E-state index contributed by atoms with van der Waals surface area (Å²) >= 11 is 0. The summed E-state index contributed by atoms with van der Waals surface area (Å²) in [4.78, 5) is 24.9. The average Bonchev–Trinajstić information content (AvgIpc) is 2.14. The van der Waals surface area contributed by atoms with Gasteiger partial charge < -0.3 is 14.6 Å². The van der Waals surface area contributed by atoms with E-state index in [1.807, 2.05) is 32.8 Å². The van der Waals surface area contributed by atoms with Crippen molar-refractivity contribution < 1.29 is 9.90 Å². The molecule has 0 amide bonds. The van der Waals surface area contributed by atoms with E-state index in [1.165, 1.54) is 10.6 Å². The van der Waals surface area contributed by atoms with Crippen molar-refractivity contribution in [3.05, 3.63) is 34.2 Å². The molecule has 5 heteroatoms. The first-order chi connectivity index (χ1) is 7.75. The van der Waals surface area contributed by atoms with E-state index in [1.54, 1.807) is 12.3 Å². The second kappa shape index (κ2) is 4.71. The fourth-order valence-corrected chi connectivity index (χ4v) is 1.98. The lowest BCUT2D eigenvalue weighted by molar-refractivity contribution is 0.0693. The van der Waals surface area contributed by atoms with Gasteiger partial charge in [-0.15, -0.1) is 0 Å². The van der Waals surface area contributed by atoms with Gasteiger partial charge >= 0.3 is 5.97 Å². The Bertz CT molecular complexity index is 475. The molecule has 0 bridgehead atoms. The van der Waals surface area contributed by atoms with Crippen LogP contribution in [-0.4, -0.2) is 41.2 Å². The van der Waals surface area contributed by atoms with E-state index in [-0.39, 0.29) is 5.56 Å². The number of hydrogen-bond acceptors (Lipinski definition) is 3. The van der Waals surface area contributed by atoms with Gasteiger partial charge in [0.05, 0.1) is 5.54 Å². The number of nitrogens with zero attached hydrogens (tertiary/aromatic N) is 2. The molecule has 0 aliphatic carbocycles. The lowest BCUT2D eigenvalue weighted by atomic mass is 10.0. The summed E-state index contributed by atoms with van der Waals surface area (Å²) in [7, 11) is 3.82. The van der Waals surface area contributed by atoms with Crippen LogP contribution in [-0.2, 0) is 5.54 Å². The number of pyridine rings is 1. The molecule has 0 atom stereocenters. The summed E-state index contributed by atoms with van der Waals surface area (Å²) in [5, 5.41) is 8.91.